The molecule has 0 aromatic carbocycles. The summed E-state index contributed by atoms with van der Waals surface area (Å²) >= 11 is 1.28. The average Bonchev–Trinajstić information content (AvgIpc) is 2.81. The highest BCUT2D eigenvalue weighted by Crippen LogP contribution is 2.46. The van der Waals surface area contributed by atoms with Crippen LogP contribution in [0.5, 0.6) is 5.88 Å². The number of nitrogens with two attached hydrogens (primary N) is 1. The van der Waals surface area contributed by atoms with Crippen molar-refractivity contribution in [2.45, 2.75) is 35.9 Å². The number of amidine groups is 1. The van der Waals surface area contributed by atoms with Crippen molar-refractivity contribution in [1.82, 2.24) is 19.9 Å². The number of terminal acetylenes is 1. The standard InChI is InChI=1S/C23H21B3FN7O2S/c1-4-7-35-16-10-30-17-15(33-16)5-6-29-19(17)32-13-8-14(18(27)31-9-13)22(3)11-21(2,37-20(28)34-22)12-36-23(24,25)26/h1,5-6,8-10H,7,11-12H2,2-3H3,(H2,28,34)(H,29,32)/t21-,22+/m1/s1. The third-order valence-corrected chi connectivity index (χ3v) is 6.53. The number of hydrogen-bond donors (Lipinski definition) is 2. The van der Waals surface area contributed by atoms with Crippen LogP contribution in [-0.4, -0.2) is 71.9 Å². The molecule has 14 heteroatoms. The van der Waals surface area contributed by atoms with E-state index in [1.807, 2.05) is 6.92 Å². The van der Waals surface area contributed by atoms with Crippen molar-refractivity contribution in [2.24, 2.45) is 10.7 Å². The van der Waals surface area contributed by atoms with Crippen LogP contribution in [-0.2, 0) is 10.3 Å². The highest BCUT2D eigenvalue weighted by molar-refractivity contribution is 8.15. The maximum atomic E-state index is 15.1. The van der Waals surface area contributed by atoms with E-state index in [1.165, 1.54) is 24.2 Å². The van der Waals surface area contributed by atoms with Crippen LogP contribution in [0.25, 0.3) is 11.0 Å². The van der Waals surface area contributed by atoms with Gasteiger partial charge in [0, 0.05) is 16.5 Å². The lowest BCUT2D eigenvalue weighted by Crippen LogP contribution is -2.46. The quantitative estimate of drug-likeness (QED) is 0.266. The fourth-order valence-corrected chi connectivity index (χ4v) is 5.30. The van der Waals surface area contributed by atoms with Gasteiger partial charge in [0.05, 0.1) is 59.3 Å². The largest absolute Gasteiger partial charge is 0.463 e. The molecule has 0 spiro atoms. The van der Waals surface area contributed by atoms with Crippen LogP contribution in [0.3, 0.4) is 0 Å². The first kappa shape index (κ1) is 26.8. The summed E-state index contributed by atoms with van der Waals surface area (Å²) in [5.41, 5.74) is 6.76. The number of pyridine rings is 2. The zero-order valence-electron chi connectivity index (χ0n) is 20.2. The molecule has 3 aromatic rings. The van der Waals surface area contributed by atoms with Crippen LogP contribution in [0.1, 0.15) is 25.8 Å². The van der Waals surface area contributed by atoms with Crippen LogP contribution < -0.4 is 15.8 Å². The Morgan fingerprint density at radius 1 is 1.27 bits per heavy atom. The van der Waals surface area contributed by atoms with Gasteiger partial charge in [0.2, 0.25) is 11.8 Å². The van der Waals surface area contributed by atoms with E-state index >= 15 is 4.39 Å². The van der Waals surface area contributed by atoms with E-state index in [2.05, 4.69) is 36.2 Å². The Morgan fingerprint density at radius 3 is 2.78 bits per heavy atom. The van der Waals surface area contributed by atoms with Crippen molar-refractivity contribution >= 4 is 63.0 Å². The molecule has 4 heterocycles. The number of nitrogens with one attached hydrogen (secondary N) is 1. The average molecular weight is 511 g/mol. The van der Waals surface area contributed by atoms with Gasteiger partial charge in [-0.05, 0) is 37.7 Å². The van der Waals surface area contributed by atoms with Crippen molar-refractivity contribution in [1.29, 1.82) is 0 Å². The minimum atomic E-state index is -1.82. The van der Waals surface area contributed by atoms with Gasteiger partial charge in [-0.2, -0.15) is 4.39 Å². The predicted octanol–water partition coefficient (Wildman–Crippen LogP) is 1.87. The molecule has 0 fully saturated rings. The number of anilines is 2. The molecule has 182 valence electrons. The molecular weight excluding hydrogens is 490 g/mol. The molecular formula is C23H21B3FN7O2S. The van der Waals surface area contributed by atoms with Gasteiger partial charge in [-0.3, -0.25) is 4.99 Å². The van der Waals surface area contributed by atoms with E-state index < -0.39 is 21.5 Å². The Hall–Kier alpha value is -3.30. The number of halogens is 1. The van der Waals surface area contributed by atoms with Gasteiger partial charge in [-0.1, -0.05) is 17.7 Å². The zero-order valence-corrected chi connectivity index (χ0v) is 21.1. The first-order valence-corrected chi connectivity index (χ1v) is 11.9. The number of nitrogens with zero attached hydrogens (tertiary/aromatic N) is 5. The van der Waals surface area contributed by atoms with Gasteiger partial charge in [0.15, 0.2) is 17.6 Å². The molecule has 4 rings (SSSR count). The molecule has 0 bridgehead atoms. The third kappa shape index (κ3) is 6.35. The predicted molar refractivity (Wildman–Crippen MR) is 145 cm³/mol. The first-order chi connectivity index (χ1) is 17.4. The molecule has 2 atom stereocenters. The van der Waals surface area contributed by atoms with Crippen molar-refractivity contribution in [3.63, 3.8) is 0 Å². The number of hydrogen-bond acceptors (Lipinski definition) is 10. The number of aliphatic imine (C=N–C) groups is 1. The molecule has 0 saturated heterocycles. The smallest absolute Gasteiger partial charge is 0.233 e. The van der Waals surface area contributed by atoms with E-state index in [1.54, 1.807) is 25.3 Å². The first-order valence-electron chi connectivity index (χ1n) is 11.1. The van der Waals surface area contributed by atoms with Gasteiger partial charge in [-0.15, -0.1) is 6.42 Å². The molecule has 0 unspecified atom stereocenters. The van der Waals surface area contributed by atoms with Crippen molar-refractivity contribution in [3.05, 3.63) is 42.2 Å². The SMILES string of the molecule is [B]C([B])([B])OC[C@@]1(C)C[C@@](C)(c2cc(Nc3nccc4nc(OCC#C)cnc34)cnc2F)N=C(N)S1. The molecule has 0 amide bonds. The fourth-order valence-electron chi connectivity index (χ4n) is 4.07. The summed E-state index contributed by atoms with van der Waals surface area (Å²) in [6.45, 7) is 3.78. The Labute approximate surface area is 222 Å². The molecule has 1 aliphatic heterocycles. The number of aromatic nitrogens is 4. The van der Waals surface area contributed by atoms with E-state index in [9.17, 15) is 0 Å². The number of thioether (sulfide) groups is 1. The molecule has 37 heavy (non-hydrogen) atoms. The molecule has 9 nitrogen and oxygen atoms in total. The Bertz CT molecular complexity index is 1400. The second kappa shape index (κ2) is 10.2. The summed E-state index contributed by atoms with van der Waals surface area (Å²) in [7, 11) is 16.7. The summed E-state index contributed by atoms with van der Waals surface area (Å²) < 4.78 is 25.2. The van der Waals surface area contributed by atoms with Crippen LogP contribution >= 0.6 is 11.8 Å². The number of fused-ring (bicyclic) bond motifs is 1. The van der Waals surface area contributed by atoms with E-state index in [0.717, 1.165) is 0 Å². The molecule has 6 radical (unpaired) electrons. The van der Waals surface area contributed by atoms with Crippen LogP contribution in [0.4, 0.5) is 15.9 Å². The molecule has 3 N–H and O–H groups in total. The molecule has 1 aliphatic rings. The lowest BCUT2D eigenvalue weighted by molar-refractivity contribution is 0.100. The van der Waals surface area contributed by atoms with Crippen molar-refractivity contribution < 1.29 is 13.9 Å². The summed E-state index contributed by atoms with van der Waals surface area (Å²) in [4.78, 5) is 21.6. The second-order valence-corrected chi connectivity index (χ2v) is 10.6. The van der Waals surface area contributed by atoms with Gasteiger partial charge < -0.3 is 20.5 Å². The summed E-state index contributed by atoms with van der Waals surface area (Å²) in [5, 5.41) is 1.57. The van der Waals surface area contributed by atoms with Crippen molar-refractivity contribution in [3.8, 4) is 18.2 Å². The Morgan fingerprint density at radius 2 is 2.05 bits per heavy atom. The van der Waals surface area contributed by atoms with Crippen molar-refractivity contribution in [2.75, 3.05) is 18.5 Å². The van der Waals surface area contributed by atoms with E-state index in [0.29, 0.717) is 29.0 Å². The zero-order chi connectivity index (χ0) is 26.8. The normalized spacial score (nSPS) is 21.7. The topological polar surface area (TPSA) is 120 Å². The minimum absolute atomic E-state index is 0.0611. The second-order valence-electron chi connectivity index (χ2n) is 9.01. The minimum Gasteiger partial charge on any atom is -0.463 e. The van der Waals surface area contributed by atoms with Crippen LogP contribution in [0.2, 0.25) is 0 Å². The van der Waals surface area contributed by atoms with Gasteiger partial charge in [0.25, 0.3) is 0 Å². The maximum Gasteiger partial charge on any atom is 0.233 e. The summed E-state index contributed by atoms with van der Waals surface area (Å²) in [5.74, 6) is 2.37. The highest BCUT2D eigenvalue weighted by Gasteiger charge is 2.44. The van der Waals surface area contributed by atoms with Gasteiger partial charge >= 0.3 is 0 Å². The monoisotopic (exact) mass is 511 g/mol. The van der Waals surface area contributed by atoms with Crippen LogP contribution in [0.15, 0.2) is 35.7 Å². The molecule has 0 aliphatic carbocycles. The summed E-state index contributed by atoms with van der Waals surface area (Å²) in [6.07, 6.45) is 9.91. The Kier molecular flexibility index (Phi) is 7.39. The fraction of sp³-hybridized carbons (Fsp3) is 0.348. The number of ether oxygens (including phenoxy) is 2. The molecule has 3 aromatic heterocycles. The lowest BCUT2D eigenvalue weighted by atomic mass is 9.52. The van der Waals surface area contributed by atoms with Gasteiger partial charge in [0.1, 0.15) is 5.52 Å². The Balaban J connectivity index is 1.64. The maximum absolute atomic E-state index is 15.1. The summed E-state index contributed by atoms with van der Waals surface area (Å²) in [6, 6.07) is 3.29. The van der Waals surface area contributed by atoms with Crippen LogP contribution in [0, 0.1) is 18.3 Å². The lowest BCUT2D eigenvalue weighted by Gasteiger charge is -2.42. The van der Waals surface area contributed by atoms with E-state index in [4.69, 9.17) is 45.2 Å². The molecule has 0 saturated carbocycles. The third-order valence-electron chi connectivity index (χ3n) is 5.48. The highest BCUT2D eigenvalue weighted by atomic mass is 32.2. The van der Waals surface area contributed by atoms with Gasteiger partial charge in [-0.25, -0.2) is 19.9 Å². The number of rotatable bonds is 8. The van der Waals surface area contributed by atoms with E-state index in [-0.39, 0.29) is 29.8 Å².